The molecule has 0 aliphatic rings. The molecule has 0 saturated carbocycles. The van der Waals surface area contributed by atoms with Crippen LogP contribution in [0.5, 0.6) is 0 Å². The van der Waals surface area contributed by atoms with Gasteiger partial charge in [-0.05, 0) is 17.0 Å². The molecule has 0 spiro atoms. The standard InChI is InChI=1S/C18H14N4OS4/c23-15(8-14-11-25-16(19-14)13-6-7-24-10-13)20-17-21-22-18(27-17)26-9-12-4-2-1-3-5-12/h1-7,10-11H,8-9H2,(H,20,21,23). The van der Waals surface area contributed by atoms with Crippen LogP contribution >= 0.6 is 45.8 Å². The smallest absolute Gasteiger partial charge is 0.232 e. The molecular formula is C18H14N4OS4. The topological polar surface area (TPSA) is 67.8 Å². The van der Waals surface area contributed by atoms with Crippen LogP contribution in [0.15, 0.2) is 56.9 Å². The molecule has 27 heavy (non-hydrogen) atoms. The minimum absolute atomic E-state index is 0.132. The van der Waals surface area contributed by atoms with Gasteiger partial charge in [0.15, 0.2) is 4.34 Å². The van der Waals surface area contributed by atoms with E-state index in [9.17, 15) is 4.79 Å². The number of nitrogens with zero attached hydrogens (tertiary/aromatic N) is 3. The molecule has 1 amide bonds. The third-order valence-corrected chi connectivity index (χ3v) is 7.19. The van der Waals surface area contributed by atoms with Crippen LogP contribution in [0.3, 0.4) is 0 Å². The van der Waals surface area contributed by atoms with E-state index >= 15 is 0 Å². The molecule has 4 rings (SSSR count). The lowest BCUT2D eigenvalue weighted by Gasteiger charge is -1.98. The zero-order chi connectivity index (χ0) is 18.5. The summed E-state index contributed by atoms with van der Waals surface area (Å²) in [5, 5.41) is 18.5. The number of aromatic nitrogens is 3. The molecule has 0 saturated heterocycles. The summed E-state index contributed by atoms with van der Waals surface area (Å²) < 4.78 is 0.836. The Morgan fingerprint density at radius 3 is 2.81 bits per heavy atom. The van der Waals surface area contributed by atoms with E-state index in [-0.39, 0.29) is 12.3 Å². The molecule has 0 aliphatic heterocycles. The fraction of sp³-hybridized carbons (Fsp3) is 0.111. The number of hydrogen-bond acceptors (Lipinski definition) is 8. The first-order chi connectivity index (χ1) is 13.3. The number of anilines is 1. The van der Waals surface area contributed by atoms with Crippen molar-refractivity contribution in [3.63, 3.8) is 0 Å². The van der Waals surface area contributed by atoms with Crippen LogP contribution in [0, 0.1) is 0 Å². The van der Waals surface area contributed by atoms with Crippen molar-refractivity contribution >= 4 is 56.8 Å². The van der Waals surface area contributed by atoms with Crippen molar-refractivity contribution in [2.24, 2.45) is 0 Å². The highest BCUT2D eigenvalue weighted by Crippen LogP contribution is 2.29. The van der Waals surface area contributed by atoms with Gasteiger partial charge in [-0.1, -0.05) is 53.4 Å². The summed E-state index contributed by atoms with van der Waals surface area (Å²) in [6, 6.07) is 12.2. The Morgan fingerprint density at radius 1 is 1.11 bits per heavy atom. The van der Waals surface area contributed by atoms with Crippen molar-refractivity contribution in [2.45, 2.75) is 16.5 Å². The van der Waals surface area contributed by atoms with Gasteiger partial charge in [0.2, 0.25) is 11.0 Å². The first-order valence-corrected chi connectivity index (χ1v) is 11.7. The lowest BCUT2D eigenvalue weighted by Crippen LogP contribution is -2.14. The number of hydrogen-bond donors (Lipinski definition) is 1. The number of rotatable bonds is 7. The summed E-state index contributed by atoms with van der Waals surface area (Å²) in [5.74, 6) is 0.695. The van der Waals surface area contributed by atoms with Crippen LogP contribution in [0.2, 0.25) is 0 Å². The average molecular weight is 431 g/mol. The zero-order valence-electron chi connectivity index (χ0n) is 14.0. The molecule has 0 atom stereocenters. The molecular weight excluding hydrogens is 416 g/mol. The lowest BCUT2D eigenvalue weighted by atomic mass is 10.2. The number of thioether (sulfide) groups is 1. The van der Waals surface area contributed by atoms with E-state index in [1.807, 2.05) is 35.0 Å². The van der Waals surface area contributed by atoms with Gasteiger partial charge in [0.05, 0.1) is 12.1 Å². The fourth-order valence-electron chi connectivity index (χ4n) is 2.27. The van der Waals surface area contributed by atoms with Crippen molar-refractivity contribution in [1.29, 1.82) is 0 Å². The van der Waals surface area contributed by atoms with Gasteiger partial charge in [-0.25, -0.2) is 4.98 Å². The second kappa shape index (κ2) is 8.75. The minimum Gasteiger partial charge on any atom is -0.300 e. The van der Waals surface area contributed by atoms with Crippen LogP contribution in [-0.4, -0.2) is 21.1 Å². The molecule has 0 aliphatic carbocycles. The Balaban J connectivity index is 1.30. The van der Waals surface area contributed by atoms with Crippen molar-refractivity contribution in [3.8, 4) is 10.6 Å². The van der Waals surface area contributed by atoms with Gasteiger partial charge < -0.3 is 5.32 Å². The van der Waals surface area contributed by atoms with E-state index in [2.05, 4.69) is 38.0 Å². The third-order valence-electron chi connectivity index (χ3n) is 3.52. The molecule has 3 aromatic heterocycles. The molecule has 9 heteroatoms. The zero-order valence-corrected chi connectivity index (χ0v) is 17.3. The number of thiophene rings is 1. The van der Waals surface area contributed by atoms with Crippen molar-refractivity contribution < 1.29 is 4.79 Å². The second-order valence-corrected chi connectivity index (χ2v) is 9.37. The monoisotopic (exact) mass is 430 g/mol. The summed E-state index contributed by atoms with van der Waals surface area (Å²) in [4.78, 5) is 16.8. The van der Waals surface area contributed by atoms with Crippen LogP contribution in [0.25, 0.3) is 10.6 Å². The van der Waals surface area contributed by atoms with Gasteiger partial charge >= 0.3 is 0 Å². The SMILES string of the molecule is O=C(Cc1csc(-c2ccsc2)n1)Nc1nnc(SCc2ccccc2)s1. The molecule has 4 aromatic rings. The second-order valence-electron chi connectivity index (χ2n) is 5.53. The quantitative estimate of drug-likeness (QED) is 0.322. The molecule has 0 bridgehead atoms. The maximum Gasteiger partial charge on any atom is 0.232 e. The van der Waals surface area contributed by atoms with Crippen molar-refractivity contribution in [2.75, 3.05) is 5.32 Å². The number of benzene rings is 1. The van der Waals surface area contributed by atoms with E-state index in [4.69, 9.17) is 0 Å². The molecule has 3 heterocycles. The maximum atomic E-state index is 12.3. The Kier molecular flexibility index (Phi) is 5.93. The van der Waals surface area contributed by atoms with E-state index in [1.54, 1.807) is 34.4 Å². The highest BCUT2D eigenvalue weighted by Gasteiger charge is 2.12. The molecule has 0 unspecified atom stereocenters. The molecule has 1 N–H and O–H groups in total. The third kappa shape index (κ3) is 5.01. The number of nitrogens with one attached hydrogen (secondary N) is 1. The van der Waals surface area contributed by atoms with E-state index in [1.165, 1.54) is 16.9 Å². The largest absolute Gasteiger partial charge is 0.300 e. The van der Waals surface area contributed by atoms with Crippen LogP contribution < -0.4 is 5.32 Å². The Morgan fingerprint density at radius 2 is 2.00 bits per heavy atom. The average Bonchev–Trinajstić information content (AvgIpc) is 3.42. The predicted octanol–water partition coefficient (Wildman–Crippen LogP) is 5.20. The lowest BCUT2D eigenvalue weighted by molar-refractivity contribution is -0.115. The maximum absolute atomic E-state index is 12.3. The van der Waals surface area contributed by atoms with Crippen LogP contribution in [0.4, 0.5) is 5.13 Å². The van der Waals surface area contributed by atoms with Gasteiger partial charge in [0.25, 0.3) is 0 Å². The Labute approximate surface area is 172 Å². The Hall–Kier alpha value is -2.07. The van der Waals surface area contributed by atoms with E-state index < -0.39 is 0 Å². The predicted molar refractivity (Wildman–Crippen MR) is 114 cm³/mol. The van der Waals surface area contributed by atoms with Gasteiger partial charge in [-0.3, -0.25) is 4.79 Å². The van der Waals surface area contributed by atoms with Gasteiger partial charge in [-0.15, -0.1) is 21.5 Å². The number of thiazole rings is 1. The van der Waals surface area contributed by atoms with Crippen LogP contribution in [0.1, 0.15) is 11.3 Å². The van der Waals surface area contributed by atoms with Gasteiger partial charge in [-0.2, -0.15) is 11.3 Å². The molecule has 0 radical (unpaired) electrons. The molecule has 5 nitrogen and oxygen atoms in total. The van der Waals surface area contributed by atoms with E-state index in [0.717, 1.165) is 26.4 Å². The van der Waals surface area contributed by atoms with Gasteiger partial charge in [0, 0.05) is 22.1 Å². The Bertz CT molecular complexity index is 1010. The number of amides is 1. The van der Waals surface area contributed by atoms with Gasteiger partial charge in [0.1, 0.15) is 5.01 Å². The first kappa shape index (κ1) is 18.3. The molecule has 0 fully saturated rings. The minimum atomic E-state index is -0.132. The summed E-state index contributed by atoms with van der Waals surface area (Å²) >= 11 is 6.18. The van der Waals surface area contributed by atoms with Crippen molar-refractivity contribution in [3.05, 3.63) is 63.8 Å². The summed E-state index contributed by atoms with van der Waals surface area (Å²) in [5.41, 5.74) is 3.09. The highest BCUT2D eigenvalue weighted by atomic mass is 32.2. The first-order valence-electron chi connectivity index (χ1n) is 8.03. The normalized spacial score (nSPS) is 10.8. The fourth-order valence-corrected chi connectivity index (χ4v) is 5.53. The van der Waals surface area contributed by atoms with Crippen molar-refractivity contribution in [1.82, 2.24) is 15.2 Å². The van der Waals surface area contributed by atoms with Crippen LogP contribution in [-0.2, 0) is 17.0 Å². The molecule has 1 aromatic carbocycles. The summed E-state index contributed by atoms with van der Waals surface area (Å²) in [6.07, 6.45) is 0.229. The highest BCUT2D eigenvalue weighted by molar-refractivity contribution is 8.00. The summed E-state index contributed by atoms with van der Waals surface area (Å²) in [7, 11) is 0. The summed E-state index contributed by atoms with van der Waals surface area (Å²) in [6.45, 7) is 0. The molecule has 136 valence electrons. The number of carbonyl (C=O) groups is 1. The van der Waals surface area contributed by atoms with E-state index in [0.29, 0.717) is 5.13 Å². The number of carbonyl (C=O) groups excluding carboxylic acids is 1.